The van der Waals surface area contributed by atoms with Crippen LogP contribution in [-0.4, -0.2) is 24.2 Å². The highest BCUT2D eigenvalue weighted by Crippen LogP contribution is 2.32. The second-order valence-corrected chi connectivity index (χ2v) is 6.18. The summed E-state index contributed by atoms with van der Waals surface area (Å²) in [7, 11) is 1.47. The van der Waals surface area contributed by atoms with Crippen LogP contribution in [0.4, 0.5) is 0 Å². The predicted molar refractivity (Wildman–Crippen MR) is 98.5 cm³/mol. The van der Waals surface area contributed by atoms with Crippen LogP contribution in [0.15, 0.2) is 57.4 Å². The monoisotopic (exact) mass is 416 g/mol. The molecule has 0 aliphatic rings. The maximum absolute atomic E-state index is 12.4. The zero-order valence-corrected chi connectivity index (χ0v) is 15.1. The van der Waals surface area contributed by atoms with E-state index in [1.807, 2.05) is 0 Å². The van der Waals surface area contributed by atoms with Crippen molar-refractivity contribution in [2.45, 2.75) is 0 Å². The van der Waals surface area contributed by atoms with Gasteiger partial charge in [-0.25, -0.2) is 9.59 Å². The number of fused-ring (bicyclic) bond motifs is 1. The van der Waals surface area contributed by atoms with Crippen LogP contribution in [-0.2, 0) is 4.79 Å². The fourth-order valence-corrected chi connectivity index (χ4v) is 2.55. The molecule has 0 unspecified atom stereocenters. The summed E-state index contributed by atoms with van der Waals surface area (Å²) in [6, 6.07) is 11.5. The van der Waals surface area contributed by atoms with Gasteiger partial charge in [0.15, 0.2) is 0 Å². The Bertz CT molecular complexity index is 1000. The first kappa shape index (κ1) is 17.8. The van der Waals surface area contributed by atoms with Crippen molar-refractivity contribution in [1.29, 1.82) is 0 Å². The first-order valence-corrected chi connectivity index (χ1v) is 8.26. The topological polar surface area (TPSA) is 86.0 Å². The Labute approximate surface area is 156 Å². The number of esters is 1. The highest BCUT2D eigenvalue weighted by atomic mass is 79.9. The van der Waals surface area contributed by atoms with E-state index in [1.165, 1.54) is 19.3 Å². The number of carboxylic acids is 1. The third kappa shape index (κ3) is 3.94. The number of hydrogen-bond donors (Lipinski definition) is 1. The average Bonchev–Trinajstić information content (AvgIpc) is 3.02. The lowest BCUT2D eigenvalue weighted by molar-refractivity contribution is -0.131. The quantitative estimate of drug-likeness (QED) is 0.373. The fraction of sp³-hybridized carbons (Fsp3) is 0.0526. The van der Waals surface area contributed by atoms with E-state index >= 15 is 0 Å². The number of ether oxygens (including phenoxy) is 2. The van der Waals surface area contributed by atoms with Crippen molar-refractivity contribution >= 4 is 44.9 Å². The van der Waals surface area contributed by atoms with Crippen LogP contribution in [0.25, 0.3) is 17.0 Å². The Morgan fingerprint density at radius 3 is 2.54 bits per heavy atom. The van der Waals surface area contributed by atoms with Crippen LogP contribution in [0.1, 0.15) is 15.9 Å². The van der Waals surface area contributed by atoms with Crippen molar-refractivity contribution in [3.05, 3.63) is 64.1 Å². The maximum Gasteiger partial charge on any atom is 0.343 e. The molecule has 3 rings (SSSR count). The average molecular weight is 417 g/mol. The molecule has 1 aromatic heterocycles. The number of benzene rings is 2. The molecule has 0 radical (unpaired) electrons. The number of carbonyl (C=O) groups excluding carboxylic acids is 1. The normalized spacial score (nSPS) is 11.0. The molecule has 0 aliphatic carbocycles. The largest absolute Gasteiger partial charge is 0.478 e. The molecule has 0 saturated heterocycles. The summed E-state index contributed by atoms with van der Waals surface area (Å²) >= 11 is 3.30. The summed E-state index contributed by atoms with van der Waals surface area (Å²) in [5.74, 6) is -1.20. The Hall–Kier alpha value is -3.06. The van der Waals surface area contributed by atoms with Gasteiger partial charge in [0.25, 0.3) is 5.95 Å². The van der Waals surface area contributed by atoms with Gasteiger partial charge in [0.2, 0.25) is 0 Å². The smallest absolute Gasteiger partial charge is 0.343 e. The number of aliphatic carboxylic acids is 1. The van der Waals surface area contributed by atoms with Crippen molar-refractivity contribution in [2.75, 3.05) is 7.11 Å². The van der Waals surface area contributed by atoms with Gasteiger partial charge in [-0.3, -0.25) is 0 Å². The van der Waals surface area contributed by atoms with Gasteiger partial charge >= 0.3 is 11.9 Å². The van der Waals surface area contributed by atoms with Crippen molar-refractivity contribution in [1.82, 2.24) is 0 Å². The highest BCUT2D eigenvalue weighted by Gasteiger charge is 2.14. The van der Waals surface area contributed by atoms with E-state index in [0.717, 1.165) is 10.5 Å². The van der Waals surface area contributed by atoms with E-state index in [4.69, 9.17) is 19.0 Å². The van der Waals surface area contributed by atoms with E-state index in [0.29, 0.717) is 28.0 Å². The molecular formula is C19H13BrO6. The van der Waals surface area contributed by atoms with E-state index in [1.54, 1.807) is 36.4 Å². The molecule has 0 fully saturated rings. The Morgan fingerprint density at radius 1 is 1.15 bits per heavy atom. The van der Waals surface area contributed by atoms with Crippen LogP contribution >= 0.6 is 15.9 Å². The Morgan fingerprint density at radius 2 is 1.88 bits per heavy atom. The number of carboxylic acid groups (broad SMARTS) is 1. The molecular weight excluding hydrogens is 404 g/mol. The summed E-state index contributed by atoms with van der Waals surface area (Å²) in [6.07, 6.45) is 2.32. The minimum absolute atomic E-state index is 0.180. The van der Waals surface area contributed by atoms with Crippen LogP contribution in [0.2, 0.25) is 0 Å². The lowest BCUT2D eigenvalue weighted by atomic mass is 10.1. The first-order chi connectivity index (χ1) is 12.5. The lowest BCUT2D eigenvalue weighted by Gasteiger charge is -2.08. The van der Waals surface area contributed by atoms with Gasteiger partial charge in [0.05, 0.1) is 12.7 Å². The van der Waals surface area contributed by atoms with Crippen molar-refractivity contribution < 1.29 is 28.6 Å². The SMILES string of the molecule is COc1cc2cc(/C=C/C(=O)O)c(OC(=O)c3ccc(Br)cc3)cc2o1. The van der Waals surface area contributed by atoms with Crippen LogP contribution in [0.3, 0.4) is 0 Å². The number of carbonyl (C=O) groups is 2. The molecule has 0 atom stereocenters. The van der Waals surface area contributed by atoms with Gasteiger partial charge in [-0.05, 0) is 36.4 Å². The minimum atomic E-state index is -1.11. The van der Waals surface area contributed by atoms with Crippen LogP contribution in [0, 0.1) is 0 Å². The third-order valence-electron chi connectivity index (χ3n) is 3.52. The molecule has 0 amide bonds. The molecule has 26 heavy (non-hydrogen) atoms. The van der Waals surface area contributed by atoms with E-state index in [9.17, 15) is 9.59 Å². The first-order valence-electron chi connectivity index (χ1n) is 7.46. The van der Waals surface area contributed by atoms with Gasteiger partial charge in [0, 0.05) is 33.6 Å². The summed E-state index contributed by atoms with van der Waals surface area (Å²) in [5, 5.41) is 9.56. The number of rotatable bonds is 5. The van der Waals surface area contributed by atoms with Crippen LogP contribution in [0.5, 0.6) is 11.7 Å². The summed E-state index contributed by atoms with van der Waals surface area (Å²) in [5.41, 5.74) is 1.24. The van der Waals surface area contributed by atoms with Crippen molar-refractivity contribution in [2.24, 2.45) is 0 Å². The van der Waals surface area contributed by atoms with Gasteiger partial charge in [0.1, 0.15) is 11.3 Å². The number of methoxy groups -OCH3 is 1. The number of furan rings is 1. The molecule has 0 bridgehead atoms. The third-order valence-corrected chi connectivity index (χ3v) is 4.04. The molecule has 132 valence electrons. The van der Waals surface area contributed by atoms with Crippen molar-refractivity contribution in [3.63, 3.8) is 0 Å². The molecule has 0 saturated carbocycles. The predicted octanol–water partition coefficient (Wildman–Crippen LogP) is 4.52. The standard InChI is InChI=1S/C19H13BrO6/c1-24-18-9-13-8-12(4-7-17(21)22)15(10-16(13)25-18)26-19(23)11-2-5-14(20)6-3-11/h2-10H,1H3,(H,21,22)/b7-4+. The number of hydrogen-bond acceptors (Lipinski definition) is 5. The number of halogens is 1. The van der Waals surface area contributed by atoms with E-state index in [2.05, 4.69) is 15.9 Å². The zero-order valence-electron chi connectivity index (χ0n) is 13.6. The summed E-state index contributed by atoms with van der Waals surface area (Å²) in [4.78, 5) is 23.2. The second kappa shape index (κ2) is 7.45. The maximum atomic E-state index is 12.4. The molecule has 1 N–H and O–H groups in total. The van der Waals surface area contributed by atoms with Gasteiger partial charge in [-0.15, -0.1) is 0 Å². The molecule has 2 aromatic carbocycles. The van der Waals surface area contributed by atoms with E-state index in [-0.39, 0.29) is 5.75 Å². The van der Waals surface area contributed by atoms with Gasteiger partial charge < -0.3 is 19.0 Å². The van der Waals surface area contributed by atoms with Crippen molar-refractivity contribution in [3.8, 4) is 11.7 Å². The minimum Gasteiger partial charge on any atom is -0.478 e. The lowest BCUT2D eigenvalue weighted by Crippen LogP contribution is -2.09. The van der Waals surface area contributed by atoms with E-state index < -0.39 is 11.9 Å². The van der Waals surface area contributed by atoms with Gasteiger partial charge in [-0.2, -0.15) is 0 Å². The molecule has 0 aliphatic heterocycles. The Balaban J connectivity index is 2.00. The molecule has 7 heteroatoms. The molecule has 0 spiro atoms. The fourth-order valence-electron chi connectivity index (χ4n) is 2.29. The summed E-state index contributed by atoms with van der Waals surface area (Å²) in [6.45, 7) is 0. The second-order valence-electron chi connectivity index (χ2n) is 5.27. The highest BCUT2D eigenvalue weighted by molar-refractivity contribution is 9.10. The van der Waals surface area contributed by atoms with Crippen LogP contribution < -0.4 is 9.47 Å². The molecule has 1 heterocycles. The summed E-state index contributed by atoms with van der Waals surface area (Å²) < 4.78 is 16.8. The Kier molecular flexibility index (Phi) is 5.09. The molecule has 3 aromatic rings. The zero-order chi connectivity index (χ0) is 18.7. The van der Waals surface area contributed by atoms with Gasteiger partial charge in [-0.1, -0.05) is 15.9 Å². The molecule has 6 nitrogen and oxygen atoms in total.